The Labute approximate surface area is 297 Å². The Morgan fingerprint density at radius 1 is 0.750 bits per heavy atom. The van der Waals surface area contributed by atoms with E-state index in [9.17, 15) is 39.0 Å². The number of carboxylic acids is 1. The minimum Gasteiger partial charge on any atom is -2.00 e. The molecule has 0 aromatic heterocycles. The number of rotatable bonds is 20. The summed E-state index contributed by atoms with van der Waals surface area (Å²) in [6, 6.07) is 9.21. The molecular formula is C31H39N6O9ReS-5. The first-order valence-corrected chi connectivity index (χ1v) is 15.3. The van der Waals surface area contributed by atoms with Gasteiger partial charge in [0.15, 0.2) is 0 Å². The topological polar surface area (TPSA) is 277 Å². The monoisotopic (exact) mass is 858 g/mol. The Morgan fingerprint density at radius 2 is 1.31 bits per heavy atom. The molecule has 0 heterocycles. The molecule has 0 fully saturated rings. The van der Waals surface area contributed by atoms with Crippen LogP contribution in [0.3, 0.4) is 0 Å². The smallest absolute Gasteiger partial charge is 0.243 e. The van der Waals surface area contributed by atoms with E-state index in [4.69, 9.17) is 24.1 Å². The minimum atomic E-state index is -1.70. The molecule has 48 heavy (non-hydrogen) atoms. The van der Waals surface area contributed by atoms with E-state index < -0.39 is 66.1 Å². The molecule has 0 aliphatic heterocycles. The quantitative estimate of drug-likeness (QED) is 0.0582. The van der Waals surface area contributed by atoms with E-state index in [-0.39, 0.29) is 56.7 Å². The third-order valence-corrected chi connectivity index (χ3v) is 7.23. The van der Waals surface area contributed by atoms with Gasteiger partial charge in [-0.1, -0.05) is 54.6 Å². The molecule has 0 unspecified atom stereocenters. The van der Waals surface area contributed by atoms with Gasteiger partial charge in [-0.15, -0.1) is 11.5 Å². The second-order valence-electron chi connectivity index (χ2n) is 10.6. The molecule has 0 spiro atoms. The van der Waals surface area contributed by atoms with Gasteiger partial charge in [-0.25, -0.2) is 0 Å². The second-order valence-corrected chi connectivity index (χ2v) is 10.9. The van der Waals surface area contributed by atoms with Crippen molar-refractivity contribution < 1.29 is 64.9 Å². The summed E-state index contributed by atoms with van der Waals surface area (Å²) in [5.74, 6) is -6.24. The predicted octanol–water partition coefficient (Wildman–Crippen LogP) is -2.95. The average molecular weight is 858 g/mol. The molecule has 265 valence electrons. The van der Waals surface area contributed by atoms with Crippen molar-refractivity contribution in [2.24, 2.45) is 11.5 Å². The van der Waals surface area contributed by atoms with Gasteiger partial charge in [0.2, 0.25) is 29.5 Å². The molecule has 0 aliphatic rings. The summed E-state index contributed by atoms with van der Waals surface area (Å²) >= 11 is 5.01. The summed E-state index contributed by atoms with van der Waals surface area (Å²) in [5, 5.41) is 32.5. The molecule has 15 nitrogen and oxygen atoms in total. The van der Waals surface area contributed by atoms with Crippen molar-refractivity contribution in [3.8, 4) is 5.75 Å². The van der Waals surface area contributed by atoms with Crippen LogP contribution in [-0.2, 0) is 80.1 Å². The number of aliphatic carboxylic acids is 1. The van der Waals surface area contributed by atoms with Crippen LogP contribution < -0.4 is 42.9 Å². The summed E-state index contributed by atoms with van der Waals surface area (Å²) in [6.45, 7) is 0.394. The summed E-state index contributed by atoms with van der Waals surface area (Å²) in [7, 11) is 0. The molecule has 8 N–H and O–H groups in total. The zero-order valence-electron chi connectivity index (χ0n) is 26.0. The van der Waals surface area contributed by atoms with Crippen LogP contribution in [0.15, 0.2) is 54.6 Å². The van der Waals surface area contributed by atoms with Crippen molar-refractivity contribution in [1.82, 2.24) is 21.3 Å². The van der Waals surface area contributed by atoms with Crippen molar-refractivity contribution in [3.63, 3.8) is 0 Å². The molecule has 4 atom stereocenters. The fourth-order valence-corrected chi connectivity index (χ4v) is 4.62. The van der Waals surface area contributed by atoms with Gasteiger partial charge in [0.25, 0.3) is 0 Å². The van der Waals surface area contributed by atoms with Crippen molar-refractivity contribution in [2.75, 3.05) is 12.3 Å². The molecular weight excluding hydrogens is 819 g/mol. The first-order valence-electron chi connectivity index (χ1n) is 14.7. The molecule has 2 aromatic carbocycles. The van der Waals surface area contributed by atoms with Crippen molar-refractivity contribution in [3.05, 3.63) is 65.7 Å². The van der Waals surface area contributed by atoms with Gasteiger partial charge in [-0.3, -0.25) is 24.0 Å². The number of aryl methyl sites for hydroxylation is 1. The van der Waals surface area contributed by atoms with Gasteiger partial charge in [-0.05, 0) is 43.4 Å². The maximum atomic E-state index is 13.3. The zero-order chi connectivity index (χ0) is 34.1. The van der Waals surface area contributed by atoms with Crippen LogP contribution in [0.4, 0.5) is 0 Å². The third kappa shape index (κ3) is 16.2. The maximum absolute atomic E-state index is 13.3. The average Bonchev–Trinajstić information content (AvgIpc) is 3.02. The molecule has 1 radical (unpaired) electrons. The molecule has 2 rings (SSSR count). The number of carbonyl (C=O) groups excluding carboxylic acids is 6. The van der Waals surface area contributed by atoms with Gasteiger partial charge in [0, 0.05) is 45.7 Å². The summed E-state index contributed by atoms with van der Waals surface area (Å²) in [6.07, 6.45) is 0.680. The minimum absolute atomic E-state index is 0. The summed E-state index contributed by atoms with van der Waals surface area (Å²) < 4.78 is 0. The Hall–Kier alpha value is -4.01. The molecule has 0 bridgehead atoms. The Balaban J connectivity index is 0.0000110. The number of benzene rings is 2. The molecule has 0 aliphatic carbocycles. The van der Waals surface area contributed by atoms with Crippen LogP contribution in [0.2, 0.25) is 0 Å². The number of hydrogen-bond donors (Lipinski definition) is 6. The number of primary amides is 1. The van der Waals surface area contributed by atoms with E-state index in [0.717, 1.165) is 5.56 Å². The Morgan fingerprint density at radius 3 is 1.88 bits per heavy atom. The molecule has 0 saturated carbocycles. The van der Waals surface area contributed by atoms with E-state index >= 15 is 0 Å². The van der Waals surface area contributed by atoms with E-state index in [1.807, 2.05) is 0 Å². The third-order valence-electron chi connectivity index (χ3n) is 6.90. The van der Waals surface area contributed by atoms with Crippen LogP contribution in [0.25, 0.3) is 0 Å². The normalized spacial score (nSPS) is 12.8. The maximum Gasteiger partial charge on any atom is 0.243 e. The predicted molar refractivity (Wildman–Crippen MR) is 167 cm³/mol. The number of carbonyl (C=O) groups is 6. The van der Waals surface area contributed by atoms with E-state index in [0.29, 0.717) is 31.4 Å². The van der Waals surface area contributed by atoms with Gasteiger partial charge in [-0.2, -0.15) is 0 Å². The second kappa shape index (κ2) is 23.3. The number of nitrogens with one attached hydrogen (secondary N) is 4. The number of carboxylic acid groups (broad SMARTS) is 1. The number of nitrogens with two attached hydrogens (primary N) is 2. The van der Waals surface area contributed by atoms with Crippen molar-refractivity contribution in [1.29, 1.82) is 0 Å². The Kier molecular flexibility index (Phi) is 21.4. The zero-order valence-corrected chi connectivity index (χ0v) is 29.5. The van der Waals surface area contributed by atoms with Gasteiger partial charge >= 0.3 is 0 Å². The van der Waals surface area contributed by atoms with Crippen molar-refractivity contribution in [2.45, 2.75) is 69.1 Å². The first kappa shape index (κ1) is 44.0. The van der Waals surface area contributed by atoms with Crippen LogP contribution in [0.5, 0.6) is 5.75 Å². The fourth-order valence-electron chi connectivity index (χ4n) is 4.38. The molecule has 0 saturated heterocycles. The van der Waals surface area contributed by atoms with Gasteiger partial charge < -0.3 is 65.8 Å². The fraction of sp³-hybridized carbons (Fsp3) is 0.419. The van der Waals surface area contributed by atoms with Crippen molar-refractivity contribution >= 4 is 48.1 Å². The molecule has 5 amide bonds. The van der Waals surface area contributed by atoms with E-state index in [1.165, 1.54) is 12.1 Å². The number of amides is 5. The molecule has 17 heteroatoms. The molecule has 2 aromatic rings. The SMILES string of the molecule is NCCCCC(=O)N[C@@H](Cc1ccccc1)C(=O)N[C@@H](CC(=O)[O-])C(=O)N[C@@H](C[S-])C(=O)N[C@@H](CCc1ccc([O-])cc1)C(N)=O.[O-2].[Re]. The summed E-state index contributed by atoms with van der Waals surface area (Å²) in [4.78, 5) is 75.5. The first-order chi connectivity index (χ1) is 21.9. The van der Waals surface area contributed by atoms with Crippen LogP contribution >= 0.6 is 0 Å². The number of hydrogen-bond acceptors (Lipinski definition) is 10. The van der Waals surface area contributed by atoms with Gasteiger partial charge in [0.1, 0.15) is 18.1 Å². The largest absolute Gasteiger partial charge is 2.00 e. The van der Waals surface area contributed by atoms with Crippen LogP contribution in [0.1, 0.15) is 43.2 Å². The van der Waals surface area contributed by atoms with E-state index in [2.05, 4.69) is 21.3 Å². The Bertz CT molecular complexity index is 1340. The van der Waals surface area contributed by atoms with E-state index in [1.54, 1.807) is 42.5 Å². The summed E-state index contributed by atoms with van der Waals surface area (Å²) in [5.41, 5.74) is 12.4. The van der Waals surface area contributed by atoms with Crippen LogP contribution in [0, 0.1) is 0 Å². The van der Waals surface area contributed by atoms with Gasteiger partial charge in [0.05, 0.1) is 6.04 Å². The number of unbranched alkanes of at least 4 members (excludes halogenated alkanes) is 1. The van der Waals surface area contributed by atoms with Crippen LogP contribution in [-0.4, -0.2) is 72.0 Å². The standard InChI is InChI=1S/C31H42N6O8S.O.Re/c32-15-5-4-8-26(39)34-23(16-20-6-2-1-3-7-20)29(43)36-24(17-27(40)41)30(44)37-25(18-46)31(45)35-22(28(33)42)14-11-19-9-12-21(38)13-10-19;;/h1-3,6-7,9-10,12-13,22-25,38,46H,4-5,8,11,14-18,32H2,(H2,33,42)(H,34,39)(H,35,45)(H,36,43)(H,37,44)(H,40,41);;/q;-2;/p-3/t22-,23-,24-,25-;;/m0../s1.